The first kappa shape index (κ1) is 25.2. The SMILES string of the molecule is Cc1cc(OC(F)F)cnc1C(=O)Nc1csc([C@@]2(C)N=C(N)N(C)S(=O)(=O)[C@@H]2[C@@H]2CC2(C)C)n1. The number of hydrogen-bond donors (Lipinski definition) is 2. The minimum atomic E-state index is -3.81. The van der Waals surface area contributed by atoms with Crippen LogP contribution in [0, 0.1) is 18.3 Å². The summed E-state index contributed by atoms with van der Waals surface area (Å²) in [4.78, 5) is 25.7. The molecule has 2 aliphatic rings. The highest BCUT2D eigenvalue weighted by Crippen LogP contribution is 2.60. The van der Waals surface area contributed by atoms with Crippen molar-refractivity contribution >= 4 is 39.0 Å². The number of sulfonamides is 1. The predicted octanol–water partition coefficient (Wildman–Crippen LogP) is 2.92. The predicted molar refractivity (Wildman–Crippen MR) is 127 cm³/mol. The number of aliphatic imine (C=N–C) groups is 1. The number of nitrogens with two attached hydrogens (primary N) is 1. The molecule has 0 spiro atoms. The fraction of sp³-hybridized carbons (Fsp3) is 0.524. The van der Waals surface area contributed by atoms with Crippen LogP contribution in [0.25, 0.3) is 0 Å². The third kappa shape index (κ3) is 4.44. The van der Waals surface area contributed by atoms with Gasteiger partial charge in [-0.2, -0.15) is 8.78 Å². The van der Waals surface area contributed by atoms with Gasteiger partial charge in [0, 0.05) is 12.4 Å². The van der Waals surface area contributed by atoms with Crippen molar-refractivity contribution in [2.24, 2.45) is 22.1 Å². The van der Waals surface area contributed by atoms with Gasteiger partial charge >= 0.3 is 6.61 Å². The largest absolute Gasteiger partial charge is 0.433 e. The van der Waals surface area contributed by atoms with Crippen LogP contribution in [0.4, 0.5) is 14.6 Å². The van der Waals surface area contributed by atoms with Gasteiger partial charge in [-0.3, -0.25) is 4.79 Å². The van der Waals surface area contributed by atoms with E-state index in [0.29, 0.717) is 10.6 Å². The zero-order valence-electron chi connectivity index (χ0n) is 19.7. The number of hydrogen-bond acceptors (Lipinski definition) is 9. The highest BCUT2D eigenvalue weighted by molar-refractivity contribution is 7.90. The summed E-state index contributed by atoms with van der Waals surface area (Å²) in [5.41, 5.74) is 4.90. The van der Waals surface area contributed by atoms with Crippen molar-refractivity contribution in [3.63, 3.8) is 0 Å². The van der Waals surface area contributed by atoms with Crippen molar-refractivity contribution in [3.8, 4) is 5.75 Å². The third-order valence-corrected chi connectivity index (χ3v) is 10.0. The van der Waals surface area contributed by atoms with E-state index in [9.17, 15) is 22.0 Å². The van der Waals surface area contributed by atoms with Crippen LogP contribution < -0.4 is 15.8 Å². The maximum Gasteiger partial charge on any atom is 0.387 e. The van der Waals surface area contributed by atoms with Crippen LogP contribution >= 0.6 is 11.3 Å². The molecule has 1 aliphatic heterocycles. The number of ether oxygens (including phenoxy) is 1. The van der Waals surface area contributed by atoms with Crippen molar-refractivity contribution in [2.45, 2.75) is 51.5 Å². The van der Waals surface area contributed by atoms with Crippen molar-refractivity contribution in [3.05, 3.63) is 33.9 Å². The number of thiazole rings is 1. The molecule has 2 aromatic rings. The summed E-state index contributed by atoms with van der Waals surface area (Å²) < 4.78 is 56.9. The van der Waals surface area contributed by atoms with E-state index in [0.717, 1.165) is 28.3 Å². The van der Waals surface area contributed by atoms with E-state index in [2.05, 4.69) is 25.0 Å². The van der Waals surface area contributed by atoms with Crippen molar-refractivity contribution in [2.75, 3.05) is 12.4 Å². The smallest absolute Gasteiger partial charge is 0.387 e. The van der Waals surface area contributed by atoms with E-state index in [1.54, 1.807) is 12.3 Å². The number of carbonyl (C=O) groups is 1. The molecule has 0 saturated heterocycles. The van der Waals surface area contributed by atoms with Crippen LogP contribution in [0.3, 0.4) is 0 Å². The molecule has 0 bridgehead atoms. The molecule has 35 heavy (non-hydrogen) atoms. The van der Waals surface area contributed by atoms with Gasteiger partial charge in [-0.05, 0) is 43.2 Å². The Balaban J connectivity index is 1.62. The monoisotopic (exact) mass is 528 g/mol. The molecule has 1 aliphatic carbocycles. The lowest BCUT2D eigenvalue weighted by molar-refractivity contribution is -0.0501. The molecule has 3 N–H and O–H groups in total. The molecule has 0 radical (unpaired) electrons. The standard InChI is InChI=1S/C21H26F2N6O4S2/c1-10-6-11(33-18(22)23)8-25-14(10)16(30)26-13-9-34-17(27-13)21(4)15(12-7-20(12,2)3)35(31,32)29(5)19(24)28-21/h6,8-9,12,15,18H,7H2,1-5H3,(H2,24,28)(H,26,30)/t12-,15+,21-/m0/s1. The van der Waals surface area contributed by atoms with Crippen LogP contribution in [0.1, 0.15) is 48.3 Å². The number of aromatic nitrogens is 2. The summed E-state index contributed by atoms with van der Waals surface area (Å²) in [6, 6.07) is 1.28. The Bertz CT molecular complexity index is 1310. The van der Waals surface area contributed by atoms with Gasteiger partial charge in [-0.1, -0.05) is 13.8 Å². The number of amides is 1. The average Bonchev–Trinajstić information content (AvgIpc) is 3.11. The lowest BCUT2D eigenvalue weighted by Crippen LogP contribution is -2.57. The summed E-state index contributed by atoms with van der Waals surface area (Å²) in [5, 5.41) is 3.72. The summed E-state index contributed by atoms with van der Waals surface area (Å²) in [6.45, 7) is 4.25. The van der Waals surface area contributed by atoms with Crippen LogP contribution in [0.15, 0.2) is 22.6 Å². The number of nitrogens with zero attached hydrogens (tertiary/aromatic N) is 4. The van der Waals surface area contributed by atoms with E-state index < -0.39 is 33.3 Å². The summed E-state index contributed by atoms with van der Waals surface area (Å²) in [7, 11) is -2.42. The van der Waals surface area contributed by atoms with Gasteiger partial charge in [0.25, 0.3) is 5.91 Å². The van der Waals surface area contributed by atoms with Gasteiger partial charge in [-0.15, -0.1) is 11.3 Å². The summed E-state index contributed by atoms with van der Waals surface area (Å²) in [5.74, 6) is -0.851. The Hall–Kier alpha value is -2.87. The van der Waals surface area contributed by atoms with E-state index in [1.165, 1.54) is 20.0 Å². The number of nitrogens with one attached hydrogen (secondary N) is 1. The quantitative estimate of drug-likeness (QED) is 0.587. The molecule has 4 rings (SSSR count). The van der Waals surface area contributed by atoms with Gasteiger partial charge in [0.15, 0.2) is 0 Å². The first-order valence-corrected chi connectivity index (χ1v) is 13.1. The number of carbonyl (C=O) groups excluding carboxylic acids is 1. The number of halogens is 2. The Kier molecular flexibility index (Phi) is 6.03. The Morgan fingerprint density at radius 1 is 1.37 bits per heavy atom. The Labute approximate surface area is 205 Å². The summed E-state index contributed by atoms with van der Waals surface area (Å²) >= 11 is 1.16. The van der Waals surface area contributed by atoms with Gasteiger partial charge in [0.1, 0.15) is 33.1 Å². The van der Waals surface area contributed by atoms with Crippen LogP contribution in [0.2, 0.25) is 0 Å². The maximum atomic E-state index is 13.4. The normalized spacial score (nSPS) is 26.9. The second-order valence-electron chi connectivity index (χ2n) is 9.56. The van der Waals surface area contributed by atoms with Crippen molar-refractivity contribution in [1.29, 1.82) is 0 Å². The lowest BCUT2D eigenvalue weighted by Gasteiger charge is -2.40. The average molecular weight is 529 g/mol. The number of aryl methyl sites for hydroxylation is 1. The van der Waals surface area contributed by atoms with Crippen LogP contribution in [0.5, 0.6) is 5.75 Å². The fourth-order valence-corrected chi connectivity index (χ4v) is 7.69. The molecule has 1 saturated carbocycles. The zero-order chi connectivity index (χ0) is 25.9. The van der Waals surface area contributed by atoms with Gasteiger partial charge in [0.05, 0.1) is 6.20 Å². The first-order chi connectivity index (χ1) is 16.2. The highest BCUT2D eigenvalue weighted by atomic mass is 32.2. The van der Waals surface area contributed by atoms with Crippen LogP contribution in [-0.2, 0) is 15.6 Å². The molecule has 10 nitrogen and oxygen atoms in total. The van der Waals surface area contributed by atoms with E-state index in [1.807, 2.05) is 13.8 Å². The minimum Gasteiger partial charge on any atom is -0.433 e. The third-order valence-electron chi connectivity index (χ3n) is 6.55. The highest BCUT2D eigenvalue weighted by Gasteiger charge is 2.64. The molecule has 1 fully saturated rings. The topological polar surface area (TPSA) is 140 Å². The van der Waals surface area contributed by atoms with Gasteiger partial charge in [-0.25, -0.2) is 27.7 Å². The molecular weight excluding hydrogens is 502 g/mol. The Morgan fingerprint density at radius 3 is 2.60 bits per heavy atom. The second kappa shape index (κ2) is 8.36. The Morgan fingerprint density at radius 2 is 2.03 bits per heavy atom. The minimum absolute atomic E-state index is 0.00844. The molecular formula is C21H26F2N6O4S2. The zero-order valence-corrected chi connectivity index (χ0v) is 21.4. The molecule has 3 heterocycles. The number of alkyl halides is 2. The summed E-state index contributed by atoms with van der Waals surface area (Å²) in [6.07, 6.45) is 1.76. The molecule has 2 aromatic heterocycles. The maximum absolute atomic E-state index is 13.4. The first-order valence-electron chi connectivity index (χ1n) is 10.7. The molecule has 0 aromatic carbocycles. The molecule has 3 atom stereocenters. The van der Waals surface area contributed by atoms with Gasteiger partial charge < -0.3 is 15.8 Å². The van der Waals surface area contributed by atoms with E-state index in [-0.39, 0.29) is 34.6 Å². The van der Waals surface area contributed by atoms with Gasteiger partial charge in [0.2, 0.25) is 16.0 Å². The fourth-order valence-electron chi connectivity index (χ4n) is 4.45. The van der Waals surface area contributed by atoms with Crippen molar-refractivity contribution in [1.82, 2.24) is 14.3 Å². The van der Waals surface area contributed by atoms with Crippen LogP contribution in [-0.4, -0.2) is 53.5 Å². The number of guanidine groups is 1. The molecule has 1 amide bonds. The molecule has 0 unspecified atom stereocenters. The van der Waals surface area contributed by atoms with E-state index in [4.69, 9.17) is 5.73 Å². The molecule has 190 valence electrons. The number of pyridine rings is 1. The number of anilines is 1. The number of rotatable bonds is 6. The van der Waals surface area contributed by atoms with E-state index >= 15 is 0 Å². The molecule has 14 heteroatoms. The second-order valence-corrected chi connectivity index (χ2v) is 12.5. The lowest BCUT2D eigenvalue weighted by atomic mass is 9.92. The van der Waals surface area contributed by atoms with Crippen molar-refractivity contribution < 1.29 is 26.7 Å².